The van der Waals surface area contributed by atoms with Gasteiger partial charge < -0.3 is 15.2 Å². The molecule has 64 valence electrons. The van der Waals surface area contributed by atoms with Crippen LogP contribution in [0.4, 0.5) is 5.69 Å². The molecule has 12 heavy (non-hydrogen) atoms. The molecule has 0 atom stereocenters. The maximum atomic E-state index is 9.42. The minimum atomic E-state index is 0.222. The third kappa shape index (κ3) is 0.897. The van der Waals surface area contributed by atoms with Gasteiger partial charge >= 0.3 is 0 Å². The fourth-order valence-electron chi connectivity index (χ4n) is 1.58. The summed E-state index contributed by atoms with van der Waals surface area (Å²) in [5.74, 6) is 0.831. The lowest BCUT2D eigenvalue weighted by atomic mass is 10.1. The van der Waals surface area contributed by atoms with E-state index in [9.17, 15) is 5.11 Å². The molecule has 1 aliphatic rings. The smallest absolute Gasteiger partial charge is 0.165 e. The van der Waals surface area contributed by atoms with E-state index in [0.717, 1.165) is 24.2 Å². The Morgan fingerprint density at radius 1 is 1.50 bits per heavy atom. The van der Waals surface area contributed by atoms with Crippen molar-refractivity contribution in [3.8, 4) is 11.5 Å². The van der Waals surface area contributed by atoms with Crippen LogP contribution in [-0.2, 0) is 6.42 Å². The number of hydrogen-bond acceptors (Lipinski definition) is 3. The minimum absolute atomic E-state index is 0.222. The topological polar surface area (TPSA) is 41.5 Å². The second kappa shape index (κ2) is 2.59. The van der Waals surface area contributed by atoms with E-state index in [1.54, 1.807) is 13.2 Å². The lowest BCUT2D eigenvalue weighted by Gasteiger charge is -2.07. The van der Waals surface area contributed by atoms with Crippen LogP contribution >= 0.6 is 0 Å². The molecular formula is C9H11NO2. The third-order valence-corrected chi connectivity index (χ3v) is 2.13. The van der Waals surface area contributed by atoms with Crippen molar-refractivity contribution in [2.75, 3.05) is 19.0 Å². The standard InChI is InChI=1S/C9H11NO2/c1-12-9-6-4-5-10-7(6)2-3-8(9)11/h2-3,10-11H,4-5H2,1H3. The summed E-state index contributed by atoms with van der Waals surface area (Å²) in [6.07, 6.45) is 0.924. The molecule has 2 rings (SSSR count). The van der Waals surface area contributed by atoms with E-state index in [1.165, 1.54) is 0 Å². The molecule has 1 aromatic carbocycles. The number of fused-ring (bicyclic) bond motifs is 1. The Labute approximate surface area is 71.0 Å². The van der Waals surface area contributed by atoms with Crippen molar-refractivity contribution >= 4 is 5.69 Å². The molecule has 0 saturated carbocycles. The van der Waals surface area contributed by atoms with Crippen LogP contribution in [-0.4, -0.2) is 18.8 Å². The molecule has 0 bridgehead atoms. The van der Waals surface area contributed by atoms with E-state index >= 15 is 0 Å². The zero-order valence-electron chi connectivity index (χ0n) is 6.92. The average Bonchev–Trinajstić information content (AvgIpc) is 2.52. The SMILES string of the molecule is COc1c(O)ccc2c1CCN2. The van der Waals surface area contributed by atoms with Crippen LogP contribution in [0.1, 0.15) is 5.56 Å². The summed E-state index contributed by atoms with van der Waals surface area (Å²) in [5, 5.41) is 12.6. The van der Waals surface area contributed by atoms with Crippen LogP contribution < -0.4 is 10.1 Å². The molecule has 1 aromatic rings. The van der Waals surface area contributed by atoms with Crippen molar-refractivity contribution in [1.29, 1.82) is 0 Å². The zero-order valence-corrected chi connectivity index (χ0v) is 6.92. The summed E-state index contributed by atoms with van der Waals surface area (Å²) in [7, 11) is 1.58. The van der Waals surface area contributed by atoms with Crippen LogP contribution in [0.25, 0.3) is 0 Å². The Hall–Kier alpha value is -1.38. The molecule has 0 aliphatic carbocycles. The van der Waals surface area contributed by atoms with E-state index in [1.807, 2.05) is 6.07 Å². The highest BCUT2D eigenvalue weighted by atomic mass is 16.5. The largest absolute Gasteiger partial charge is 0.504 e. The maximum absolute atomic E-state index is 9.42. The highest BCUT2D eigenvalue weighted by molar-refractivity contribution is 5.65. The quantitative estimate of drug-likeness (QED) is 0.617. The van der Waals surface area contributed by atoms with Gasteiger partial charge in [-0.25, -0.2) is 0 Å². The lowest BCUT2D eigenvalue weighted by Crippen LogP contribution is -1.90. The van der Waals surface area contributed by atoms with Crippen molar-refractivity contribution in [3.05, 3.63) is 17.7 Å². The molecule has 0 spiro atoms. The van der Waals surface area contributed by atoms with E-state index in [2.05, 4.69) is 5.32 Å². The first-order valence-corrected chi connectivity index (χ1v) is 3.95. The van der Waals surface area contributed by atoms with E-state index < -0.39 is 0 Å². The first-order chi connectivity index (χ1) is 5.83. The summed E-state index contributed by atoms with van der Waals surface area (Å²) in [6, 6.07) is 3.52. The van der Waals surface area contributed by atoms with Crippen molar-refractivity contribution in [2.24, 2.45) is 0 Å². The first kappa shape index (κ1) is 7.28. The zero-order chi connectivity index (χ0) is 8.55. The van der Waals surface area contributed by atoms with Gasteiger partial charge in [-0.1, -0.05) is 0 Å². The molecule has 3 heteroatoms. The lowest BCUT2D eigenvalue weighted by molar-refractivity contribution is 0.370. The Morgan fingerprint density at radius 3 is 3.08 bits per heavy atom. The summed E-state index contributed by atoms with van der Waals surface area (Å²) < 4.78 is 5.10. The highest BCUT2D eigenvalue weighted by Crippen LogP contribution is 2.37. The van der Waals surface area contributed by atoms with Gasteiger partial charge in [-0.05, 0) is 18.6 Å². The van der Waals surface area contributed by atoms with E-state index in [0.29, 0.717) is 5.75 Å². The number of hydrogen-bond donors (Lipinski definition) is 2. The van der Waals surface area contributed by atoms with Gasteiger partial charge in [-0.2, -0.15) is 0 Å². The number of anilines is 1. The number of phenols is 1. The molecule has 2 N–H and O–H groups in total. The number of aromatic hydroxyl groups is 1. The van der Waals surface area contributed by atoms with E-state index in [-0.39, 0.29) is 5.75 Å². The highest BCUT2D eigenvalue weighted by Gasteiger charge is 2.17. The first-order valence-electron chi connectivity index (χ1n) is 3.95. The molecule has 0 saturated heterocycles. The van der Waals surface area contributed by atoms with Crippen LogP contribution in [0.5, 0.6) is 11.5 Å². The van der Waals surface area contributed by atoms with Gasteiger partial charge in [0, 0.05) is 17.8 Å². The predicted octanol–water partition coefficient (Wildman–Crippen LogP) is 1.37. The van der Waals surface area contributed by atoms with Gasteiger partial charge in [0.1, 0.15) is 0 Å². The third-order valence-electron chi connectivity index (χ3n) is 2.13. The monoisotopic (exact) mass is 165 g/mol. The van der Waals surface area contributed by atoms with Crippen LogP contribution in [0.15, 0.2) is 12.1 Å². The number of methoxy groups -OCH3 is 1. The molecule has 0 fully saturated rings. The van der Waals surface area contributed by atoms with Crippen molar-refractivity contribution in [2.45, 2.75) is 6.42 Å². The van der Waals surface area contributed by atoms with Gasteiger partial charge in [-0.15, -0.1) is 0 Å². The number of benzene rings is 1. The second-order valence-electron chi connectivity index (χ2n) is 2.82. The molecule has 1 aliphatic heterocycles. The Morgan fingerprint density at radius 2 is 2.33 bits per heavy atom. The molecule has 0 amide bonds. The summed E-state index contributed by atoms with van der Waals surface area (Å²) in [6.45, 7) is 0.926. The molecule has 0 unspecified atom stereocenters. The number of rotatable bonds is 1. The average molecular weight is 165 g/mol. The summed E-state index contributed by atoms with van der Waals surface area (Å²) >= 11 is 0. The second-order valence-corrected chi connectivity index (χ2v) is 2.82. The van der Waals surface area contributed by atoms with Gasteiger partial charge in [0.2, 0.25) is 0 Å². The normalized spacial score (nSPS) is 13.8. The summed E-state index contributed by atoms with van der Waals surface area (Å²) in [5.41, 5.74) is 2.15. The van der Waals surface area contributed by atoms with Gasteiger partial charge in [0.25, 0.3) is 0 Å². The van der Waals surface area contributed by atoms with Crippen LogP contribution in [0.2, 0.25) is 0 Å². The van der Waals surface area contributed by atoms with Gasteiger partial charge in [0.05, 0.1) is 7.11 Å². The Kier molecular flexibility index (Phi) is 1.57. The van der Waals surface area contributed by atoms with Crippen LogP contribution in [0.3, 0.4) is 0 Å². The molecule has 3 nitrogen and oxygen atoms in total. The molecule has 1 heterocycles. The number of phenolic OH excluding ortho intramolecular Hbond substituents is 1. The number of nitrogens with one attached hydrogen (secondary N) is 1. The molecule has 0 aromatic heterocycles. The van der Waals surface area contributed by atoms with E-state index in [4.69, 9.17) is 4.74 Å². The molecular weight excluding hydrogens is 154 g/mol. The van der Waals surface area contributed by atoms with Gasteiger partial charge in [-0.3, -0.25) is 0 Å². The van der Waals surface area contributed by atoms with Crippen LogP contribution in [0, 0.1) is 0 Å². The maximum Gasteiger partial charge on any atom is 0.165 e. The fourth-order valence-corrected chi connectivity index (χ4v) is 1.58. The summed E-state index contributed by atoms with van der Waals surface area (Å²) in [4.78, 5) is 0. The fraction of sp³-hybridized carbons (Fsp3) is 0.333. The number of ether oxygens (including phenoxy) is 1. The predicted molar refractivity (Wildman–Crippen MR) is 46.9 cm³/mol. The van der Waals surface area contributed by atoms with Crippen molar-refractivity contribution < 1.29 is 9.84 Å². The Bertz CT molecular complexity index is 310. The van der Waals surface area contributed by atoms with Gasteiger partial charge in [0.15, 0.2) is 11.5 Å². The molecule has 0 radical (unpaired) electrons. The minimum Gasteiger partial charge on any atom is -0.504 e. The van der Waals surface area contributed by atoms with Crippen molar-refractivity contribution in [1.82, 2.24) is 0 Å². The Balaban J connectivity index is 2.57. The van der Waals surface area contributed by atoms with Crippen molar-refractivity contribution in [3.63, 3.8) is 0 Å².